The standard InChI is InChI=1S/C17H21NO3/c1-3-18(16(19)20)15-8-10-17(21,12-15)9-7-14-6-4-5-13(2)11-14/h4-6,11,15,21H,3,8,10,12H2,1-2H3,(H,19,20). The van der Waals surface area contributed by atoms with Crippen LogP contribution in [-0.4, -0.2) is 39.4 Å². The van der Waals surface area contributed by atoms with Gasteiger partial charge in [-0.05, 0) is 44.4 Å². The van der Waals surface area contributed by atoms with Gasteiger partial charge < -0.3 is 15.1 Å². The van der Waals surface area contributed by atoms with Crippen LogP contribution in [0.3, 0.4) is 0 Å². The zero-order valence-electron chi connectivity index (χ0n) is 12.5. The molecule has 2 atom stereocenters. The monoisotopic (exact) mass is 287 g/mol. The molecule has 2 rings (SSSR count). The molecule has 0 heterocycles. The normalized spacial score (nSPS) is 24.2. The van der Waals surface area contributed by atoms with Gasteiger partial charge in [0, 0.05) is 24.6 Å². The van der Waals surface area contributed by atoms with Crippen LogP contribution in [0.5, 0.6) is 0 Å². The SMILES string of the molecule is CCN(C(=O)O)C1CCC(O)(C#Cc2cccc(C)c2)C1. The highest BCUT2D eigenvalue weighted by Crippen LogP contribution is 2.32. The molecule has 0 spiro atoms. The topological polar surface area (TPSA) is 60.8 Å². The minimum absolute atomic E-state index is 0.149. The molecule has 1 aliphatic carbocycles. The zero-order valence-corrected chi connectivity index (χ0v) is 12.5. The highest BCUT2D eigenvalue weighted by molar-refractivity contribution is 5.65. The lowest BCUT2D eigenvalue weighted by atomic mass is 10.0. The van der Waals surface area contributed by atoms with Crippen LogP contribution in [0, 0.1) is 18.8 Å². The molecule has 0 radical (unpaired) electrons. The van der Waals surface area contributed by atoms with Crippen molar-refractivity contribution in [3.05, 3.63) is 35.4 Å². The maximum atomic E-state index is 11.2. The van der Waals surface area contributed by atoms with Crippen LogP contribution in [0.2, 0.25) is 0 Å². The van der Waals surface area contributed by atoms with E-state index in [0.717, 1.165) is 11.1 Å². The number of aryl methyl sites for hydroxylation is 1. The second-order valence-electron chi connectivity index (χ2n) is 5.62. The number of hydrogen-bond donors (Lipinski definition) is 2. The Morgan fingerprint density at radius 3 is 2.90 bits per heavy atom. The molecule has 0 aromatic heterocycles. The first-order valence-electron chi connectivity index (χ1n) is 7.25. The predicted molar refractivity (Wildman–Crippen MR) is 81.1 cm³/mol. The third-order valence-corrected chi connectivity index (χ3v) is 3.95. The summed E-state index contributed by atoms with van der Waals surface area (Å²) in [6.07, 6.45) is 0.615. The molecule has 1 fully saturated rings. The average molecular weight is 287 g/mol. The number of amides is 1. The van der Waals surface area contributed by atoms with E-state index in [1.807, 2.05) is 38.1 Å². The summed E-state index contributed by atoms with van der Waals surface area (Å²) in [5, 5.41) is 19.7. The predicted octanol–water partition coefficient (Wildman–Crippen LogP) is 2.63. The van der Waals surface area contributed by atoms with Crippen molar-refractivity contribution in [3.63, 3.8) is 0 Å². The Morgan fingerprint density at radius 1 is 1.52 bits per heavy atom. The quantitative estimate of drug-likeness (QED) is 0.822. The van der Waals surface area contributed by atoms with Gasteiger partial charge in [0.05, 0.1) is 0 Å². The first kappa shape index (κ1) is 15.4. The molecule has 4 heteroatoms. The van der Waals surface area contributed by atoms with E-state index < -0.39 is 11.7 Å². The van der Waals surface area contributed by atoms with E-state index in [9.17, 15) is 9.90 Å². The second kappa shape index (κ2) is 6.19. The molecule has 0 aliphatic heterocycles. The number of carboxylic acid groups (broad SMARTS) is 1. The number of aliphatic hydroxyl groups is 1. The summed E-state index contributed by atoms with van der Waals surface area (Å²) in [4.78, 5) is 12.5. The largest absolute Gasteiger partial charge is 0.465 e. The van der Waals surface area contributed by atoms with Crippen molar-refractivity contribution in [2.45, 2.75) is 44.8 Å². The third kappa shape index (κ3) is 3.77. The number of carbonyl (C=O) groups is 1. The van der Waals surface area contributed by atoms with E-state index in [2.05, 4.69) is 11.8 Å². The molecule has 0 saturated heterocycles. The average Bonchev–Trinajstić information content (AvgIpc) is 2.80. The maximum Gasteiger partial charge on any atom is 0.407 e. The van der Waals surface area contributed by atoms with Gasteiger partial charge in [0.2, 0.25) is 0 Å². The van der Waals surface area contributed by atoms with Gasteiger partial charge in [-0.2, -0.15) is 0 Å². The molecular formula is C17H21NO3. The van der Waals surface area contributed by atoms with Gasteiger partial charge in [-0.3, -0.25) is 0 Å². The van der Waals surface area contributed by atoms with E-state index in [1.54, 1.807) is 0 Å². The van der Waals surface area contributed by atoms with Gasteiger partial charge in [-0.1, -0.05) is 24.0 Å². The van der Waals surface area contributed by atoms with Gasteiger partial charge in [0.25, 0.3) is 0 Å². The Balaban J connectivity index is 2.10. The van der Waals surface area contributed by atoms with E-state index in [-0.39, 0.29) is 6.04 Å². The van der Waals surface area contributed by atoms with E-state index >= 15 is 0 Å². The minimum Gasteiger partial charge on any atom is -0.465 e. The summed E-state index contributed by atoms with van der Waals surface area (Å²) in [7, 11) is 0. The van der Waals surface area contributed by atoms with Crippen molar-refractivity contribution in [2.24, 2.45) is 0 Å². The summed E-state index contributed by atoms with van der Waals surface area (Å²) in [6, 6.07) is 7.66. The van der Waals surface area contributed by atoms with E-state index in [0.29, 0.717) is 25.8 Å². The molecule has 2 N–H and O–H groups in total. The fraction of sp³-hybridized carbons (Fsp3) is 0.471. The summed E-state index contributed by atoms with van der Waals surface area (Å²) in [6.45, 7) is 4.24. The zero-order chi connectivity index (χ0) is 15.5. The van der Waals surface area contributed by atoms with Gasteiger partial charge in [-0.15, -0.1) is 0 Å². The molecule has 1 amide bonds. The van der Waals surface area contributed by atoms with Gasteiger partial charge in [0.1, 0.15) is 5.60 Å². The van der Waals surface area contributed by atoms with Crippen molar-refractivity contribution in [1.29, 1.82) is 0 Å². The van der Waals surface area contributed by atoms with Crippen LogP contribution in [0.15, 0.2) is 24.3 Å². The van der Waals surface area contributed by atoms with Crippen LogP contribution in [0.4, 0.5) is 4.79 Å². The molecule has 1 aromatic rings. The second-order valence-corrected chi connectivity index (χ2v) is 5.62. The number of benzene rings is 1. The van der Waals surface area contributed by atoms with Crippen LogP contribution in [0.25, 0.3) is 0 Å². The highest BCUT2D eigenvalue weighted by atomic mass is 16.4. The molecule has 112 valence electrons. The van der Waals surface area contributed by atoms with Gasteiger partial charge >= 0.3 is 6.09 Å². The number of rotatable bonds is 2. The van der Waals surface area contributed by atoms with Crippen LogP contribution in [0.1, 0.15) is 37.3 Å². The highest BCUT2D eigenvalue weighted by Gasteiger charge is 2.39. The van der Waals surface area contributed by atoms with Crippen molar-refractivity contribution in [3.8, 4) is 11.8 Å². The van der Waals surface area contributed by atoms with Gasteiger partial charge in [0.15, 0.2) is 0 Å². The van der Waals surface area contributed by atoms with Crippen LogP contribution < -0.4 is 0 Å². The van der Waals surface area contributed by atoms with Crippen molar-refractivity contribution >= 4 is 6.09 Å². The maximum absolute atomic E-state index is 11.2. The Morgan fingerprint density at radius 2 is 2.29 bits per heavy atom. The Kier molecular flexibility index (Phi) is 4.54. The third-order valence-electron chi connectivity index (χ3n) is 3.95. The molecule has 1 saturated carbocycles. The molecular weight excluding hydrogens is 266 g/mol. The molecule has 1 aromatic carbocycles. The molecule has 0 bridgehead atoms. The summed E-state index contributed by atoms with van der Waals surface area (Å²) < 4.78 is 0. The van der Waals surface area contributed by atoms with Crippen molar-refractivity contribution in [1.82, 2.24) is 4.90 Å². The van der Waals surface area contributed by atoms with E-state index in [4.69, 9.17) is 5.11 Å². The summed E-state index contributed by atoms with van der Waals surface area (Å²) >= 11 is 0. The van der Waals surface area contributed by atoms with Crippen LogP contribution >= 0.6 is 0 Å². The molecule has 21 heavy (non-hydrogen) atoms. The first-order chi connectivity index (χ1) is 9.93. The lowest BCUT2D eigenvalue weighted by Gasteiger charge is -2.25. The number of hydrogen-bond acceptors (Lipinski definition) is 2. The lowest BCUT2D eigenvalue weighted by molar-refractivity contribution is 0.0907. The van der Waals surface area contributed by atoms with Crippen molar-refractivity contribution < 1.29 is 15.0 Å². The fourth-order valence-corrected chi connectivity index (χ4v) is 2.84. The number of nitrogens with zero attached hydrogens (tertiary/aromatic N) is 1. The molecule has 4 nitrogen and oxygen atoms in total. The molecule has 1 aliphatic rings. The Hall–Kier alpha value is -1.99. The van der Waals surface area contributed by atoms with Gasteiger partial charge in [-0.25, -0.2) is 4.79 Å². The fourth-order valence-electron chi connectivity index (χ4n) is 2.84. The molecule has 2 unspecified atom stereocenters. The minimum atomic E-state index is -1.09. The lowest BCUT2D eigenvalue weighted by Crippen LogP contribution is -2.39. The Bertz CT molecular complexity index is 587. The van der Waals surface area contributed by atoms with Crippen LogP contribution in [-0.2, 0) is 0 Å². The smallest absolute Gasteiger partial charge is 0.407 e. The van der Waals surface area contributed by atoms with Crippen molar-refractivity contribution in [2.75, 3.05) is 6.54 Å². The first-order valence-corrected chi connectivity index (χ1v) is 7.25. The Labute approximate surface area is 125 Å². The van der Waals surface area contributed by atoms with E-state index in [1.165, 1.54) is 4.90 Å². The summed E-state index contributed by atoms with van der Waals surface area (Å²) in [5.41, 5.74) is 0.913. The summed E-state index contributed by atoms with van der Waals surface area (Å²) in [5.74, 6) is 5.94.